The topological polar surface area (TPSA) is 199 Å². The third-order valence-electron chi connectivity index (χ3n) is 26.2. The van der Waals surface area contributed by atoms with Crippen molar-refractivity contribution in [2.45, 2.75) is 75.5 Å². The van der Waals surface area contributed by atoms with Crippen molar-refractivity contribution in [3.8, 4) is 112 Å². The number of hydrogen-bond acceptors (Lipinski definition) is 8. The smallest absolute Gasteiger partial charge is 2.00 e. The molecule has 0 heterocycles. The zero-order chi connectivity index (χ0) is 86.0. The van der Waals surface area contributed by atoms with Crippen molar-refractivity contribution in [2.75, 3.05) is 0 Å². The van der Waals surface area contributed by atoms with Crippen molar-refractivity contribution in [1.82, 2.24) is 0 Å². The molecule has 632 valence electrons. The Hall–Kier alpha value is -14.3. The molecule has 20 aromatic rings. The van der Waals surface area contributed by atoms with Gasteiger partial charge in [0.1, 0.15) is 0 Å². The molecule has 20 aromatic carbocycles. The summed E-state index contributed by atoms with van der Waals surface area (Å²) in [6, 6.07) is 132. The van der Waals surface area contributed by atoms with Gasteiger partial charge in [-0.25, -0.2) is 0 Å². The first kappa shape index (κ1) is 89.7. The van der Waals surface area contributed by atoms with Gasteiger partial charge in [0.05, 0.1) is 24.2 Å². The Bertz CT molecular complexity index is 6880. The van der Waals surface area contributed by atoms with E-state index >= 15 is 20.4 Å². The number of benzene rings is 20. The molecule has 2 fully saturated rings. The maximum atomic E-state index is 15.0. The van der Waals surface area contributed by atoms with E-state index in [1.807, 2.05) is 194 Å². The molecule has 0 bridgehead atoms. The fourth-order valence-electron chi connectivity index (χ4n) is 20.0. The van der Waals surface area contributed by atoms with Crippen LogP contribution in [0.5, 0.6) is 23.0 Å². The van der Waals surface area contributed by atoms with E-state index in [0.717, 1.165) is 204 Å². The summed E-state index contributed by atoms with van der Waals surface area (Å²) in [7, 11) is 0. The number of rotatable bonds is 16. The van der Waals surface area contributed by atoms with Crippen LogP contribution in [0.25, 0.3) is 175 Å². The Kier molecular flexibility index (Phi) is 27.2. The summed E-state index contributed by atoms with van der Waals surface area (Å²) in [6.45, 7) is 0. The van der Waals surface area contributed by atoms with Crippen molar-refractivity contribution >= 4 is 111 Å². The Labute approximate surface area is 797 Å². The van der Waals surface area contributed by atoms with Gasteiger partial charge in [-0.2, -0.15) is 0 Å². The van der Waals surface area contributed by atoms with Crippen LogP contribution in [0.3, 0.4) is 0 Å². The maximum Gasteiger partial charge on any atom is 4.00 e. The fourth-order valence-corrected chi connectivity index (χ4v) is 20.0. The first-order valence-corrected chi connectivity index (χ1v) is 44.6. The molecule has 0 aliphatic heterocycles. The van der Waals surface area contributed by atoms with Crippen molar-refractivity contribution in [1.29, 1.82) is 0 Å². The molecule has 0 unspecified atom stereocenters. The van der Waals surface area contributed by atoms with Gasteiger partial charge in [-0.05, 0) is 247 Å². The van der Waals surface area contributed by atoms with Crippen molar-refractivity contribution in [3.05, 3.63) is 411 Å². The van der Waals surface area contributed by atoms with Gasteiger partial charge in [0.25, 0.3) is 0 Å². The first-order chi connectivity index (χ1) is 63.2. The summed E-state index contributed by atoms with van der Waals surface area (Å²) in [5.41, 5.74) is 17.0. The number of fused-ring (bicyclic) bond motifs is 8. The molecule has 0 radical (unpaired) electrons. The summed E-state index contributed by atoms with van der Waals surface area (Å²) in [5.74, 6) is -0.186. The number of aliphatic imine (C=N–C) groups is 4. The zero-order valence-corrected chi connectivity index (χ0v) is 75.6. The van der Waals surface area contributed by atoms with Crippen LogP contribution in [-0.2, 0) is 54.4 Å². The maximum absolute atomic E-state index is 15.0. The molecular weight excluding hydrogens is 1690 g/mol. The van der Waals surface area contributed by atoms with Gasteiger partial charge in [-0.15, -0.1) is 0 Å². The molecule has 0 aromatic heterocycles. The van der Waals surface area contributed by atoms with Crippen LogP contribution in [0.4, 0.5) is 0 Å². The van der Waals surface area contributed by atoms with Crippen LogP contribution in [0.2, 0.25) is 0 Å². The number of nitrogens with zero attached hydrogens (tertiary/aromatic N) is 4. The van der Waals surface area contributed by atoms with Gasteiger partial charge in [0.15, 0.2) is 0 Å². The summed E-state index contributed by atoms with van der Waals surface area (Å²) in [5, 5.41) is 76.1. The quantitative estimate of drug-likeness (QED) is 0.0685. The minimum Gasteiger partial charge on any atom is -2.00 e. The first-order valence-electron chi connectivity index (χ1n) is 44.6. The number of hydrogen-bond donors (Lipinski definition) is 0. The second kappa shape index (κ2) is 40.0. The molecule has 2 aliphatic rings. The standard InChI is InChI=1S/2C60H46N2O2.2O.2Ti/c2*63-59-45(35-43-23-9-13-27-49(43)57(59)55-47-25-11-7-21-41(47)31-33-51(55)39-17-3-1-4-18-39)37-61-53-29-15-16-30-54(53)62-38-46-36-44-24-10-14-28-50(44)58(60(46)64)56-48-26-12-8-22-42(48)32-34-52(56)40-19-5-2-6-20-40;;;;/h2*1-14,17-28,31-38,53-54,63-64H,15-16,29-30H2;;;;/q;;2*-2;2*+4/p-4/t2*53-,54-;;;;/m00..../s1. The minimum absolute atomic E-state index is 0. The molecule has 2 aliphatic carbocycles. The largest absolute Gasteiger partial charge is 4.00 e. The molecule has 2 saturated carbocycles. The fraction of sp³-hybridized carbons (Fsp3) is 0.100. The Morgan fingerprint density at radius 2 is 0.356 bits per heavy atom. The molecule has 4 atom stereocenters. The molecule has 0 N–H and O–H groups in total. The summed E-state index contributed by atoms with van der Waals surface area (Å²) < 4.78 is 0. The minimum atomic E-state index is -0.144. The van der Waals surface area contributed by atoms with Crippen LogP contribution >= 0.6 is 0 Å². The molecule has 132 heavy (non-hydrogen) atoms. The molecule has 0 amide bonds. The van der Waals surface area contributed by atoms with E-state index in [2.05, 4.69) is 194 Å². The molecule has 0 spiro atoms. The monoisotopic (exact) mass is 1780 g/mol. The Morgan fingerprint density at radius 3 is 0.553 bits per heavy atom. The van der Waals surface area contributed by atoms with E-state index in [-0.39, 0.29) is 102 Å². The molecule has 0 saturated heterocycles. The van der Waals surface area contributed by atoms with Crippen molar-refractivity contribution < 1.29 is 74.8 Å². The van der Waals surface area contributed by atoms with Crippen molar-refractivity contribution in [2.24, 2.45) is 20.0 Å². The summed E-state index contributed by atoms with van der Waals surface area (Å²) in [6.07, 6.45) is 14.6. The predicted molar refractivity (Wildman–Crippen MR) is 531 cm³/mol. The average molecular weight is 1780 g/mol. The van der Waals surface area contributed by atoms with Gasteiger partial charge >= 0.3 is 43.4 Å². The van der Waals surface area contributed by atoms with Crippen LogP contribution in [0.1, 0.15) is 73.6 Å². The molecule has 10 nitrogen and oxygen atoms in total. The van der Waals surface area contributed by atoms with E-state index in [9.17, 15) is 0 Å². The zero-order valence-electron chi connectivity index (χ0n) is 72.5. The summed E-state index contributed by atoms with van der Waals surface area (Å²) in [4.78, 5) is 20.8. The molecule has 12 heteroatoms. The molecular formula is C120H88N4O6Ti2. The Morgan fingerprint density at radius 1 is 0.189 bits per heavy atom. The normalized spacial score (nSPS) is 15.1. The van der Waals surface area contributed by atoms with Crippen molar-refractivity contribution in [3.63, 3.8) is 0 Å². The molecule has 22 rings (SSSR count). The van der Waals surface area contributed by atoms with Crippen LogP contribution in [-0.4, -0.2) is 49.0 Å². The van der Waals surface area contributed by atoms with E-state index in [1.54, 1.807) is 24.9 Å². The van der Waals surface area contributed by atoms with E-state index in [1.165, 1.54) is 0 Å². The van der Waals surface area contributed by atoms with Gasteiger partial charge in [0, 0.05) is 24.9 Å². The second-order valence-corrected chi connectivity index (χ2v) is 33.8. The Balaban J connectivity index is 0.000000179. The van der Waals surface area contributed by atoms with Gasteiger partial charge in [-0.3, -0.25) is 20.0 Å². The van der Waals surface area contributed by atoms with Gasteiger partial charge in [-0.1, -0.05) is 413 Å². The van der Waals surface area contributed by atoms with Crippen LogP contribution < -0.4 is 20.4 Å². The summed E-state index contributed by atoms with van der Waals surface area (Å²) >= 11 is 0. The predicted octanol–water partition coefficient (Wildman–Crippen LogP) is 27.7. The van der Waals surface area contributed by atoms with Crippen LogP contribution in [0.15, 0.2) is 408 Å². The van der Waals surface area contributed by atoms with E-state index < -0.39 is 0 Å². The van der Waals surface area contributed by atoms with E-state index in [4.69, 9.17) is 20.0 Å². The third-order valence-corrected chi connectivity index (χ3v) is 26.2. The third kappa shape index (κ3) is 17.4. The van der Waals surface area contributed by atoms with E-state index in [0.29, 0.717) is 44.5 Å². The SMILES string of the molecule is [O-2].[O-2].[O-]c1c(C=N[C@H]2CCCC[C@@H]2N=Cc2cc3ccccc3c(-c3c(-c4ccccc4)ccc4ccccc34)c2[O-])cc2ccccc2c1-c1c(-c2ccccc2)ccc2ccccc12.[O-]c1c(C=N[C@H]2CCCC[C@@H]2N=Cc2cc3ccccc3c(-c3c(-c4ccccc4)ccc4ccccc34)c2[O-])cc2ccccc2c1-c1c(-c2ccccc2)ccc2ccccc12.[Ti+4].[Ti+4]. The van der Waals surface area contributed by atoms with Gasteiger partial charge < -0.3 is 31.4 Å². The average Bonchev–Trinajstić information content (AvgIpc) is 0.754. The van der Waals surface area contributed by atoms with Gasteiger partial charge in [0.2, 0.25) is 0 Å². The second-order valence-electron chi connectivity index (χ2n) is 33.8. The van der Waals surface area contributed by atoms with Crippen LogP contribution in [0, 0.1) is 0 Å².